The number of carbonyl (C=O) groups excluding carboxylic acids is 1. The number of aromatic amines is 1. The van der Waals surface area contributed by atoms with Crippen LogP contribution in [0.4, 0.5) is 10.2 Å². The fraction of sp³-hybridized carbons (Fsp3) is 0.208. The summed E-state index contributed by atoms with van der Waals surface area (Å²) in [6, 6.07) is 4.26. The Morgan fingerprint density at radius 3 is 2.89 bits per heavy atom. The number of furan rings is 1. The quantitative estimate of drug-likeness (QED) is 0.332. The van der Waals surface area contributed by atoms with Gasteiger partial charge in [-0.25, -0.2) is 9.37 Å². The first-order chi connectivity index (χ1) is 16.8. The molecule has 0 saturated heterocycles. The molecule has 180 valence electrons. The Labute approximate surface area is 209 Å². The molecule has 5 rings (SSSR count). The van der Waals surface area contributed by atoms with Crippen LogP contribution in [0.25, 0.3) is 16.5 Å². The van der Waals surface area contributed by atoms with Crippen LogP contribution in [0, 0.1) is 5.82 Å². The van der Waals surface area contributed by atoms with Crippen LogP contribution in [0.15, 0.2) is 47.3 Å². The molecule has 35 heavy (non-hydrogen) atoms. The van der Waals surface area contributed by atoms with Gasteiger partial charge in [-0.05, 0) is 37.1 Å². The van der Waals surface area contributed by atoms with Gasteiger partial charge in [0.2, 0.25) is 5.75 Å². The van der Waals surface area contributed by atoms with Gasteiger partial charge in [0.15, 0.2) is 11.4 Å². The van der Waals surface area contributed by atoms with Gasteiger partial charge >= 0.3 is 0 Å². The van der Waals surface area contributed by atoms with Crippen molar-refractivity contribution in [1.82, 2.24) is 20.1 Å². The Morgan fingerprint density at radius 2 is 2.17 bits per heavy atom. The number of H-pyrrole nitrogens is 1. The van der Waals surface area contributed by atoms with Gasteiger partial charge in [0.1, 0.15) is 17.6 Å². The lowest BCUT2D eigenvalue weighted by atomic mass is 9.99. The molecular weight excluding hydrogens is 496 g/mol. The number of amides is 1. The topological polar surface area (TPSA) is 110 Å². The lowest BCUT2D eigenvalue weighted by molar-refractivity contribution is 0.0767. The highest BCUT2D eigenvalue weighted by Gasteiger charge is 2.25. The van der Waals surface area contributed by atoms with E-state index in [-0.39, 0.29) is 27.5 Å². The number of pyridine rings is 1. The maximum Gasteiger partial charge on any atom is 0.272 e. The number of carbonyl (C=O) groups is 1. The van der Waals surface area contributed by atoms with E-state index >= 15 is 0 Å². The van der Waals surface area contributed by atoms with Crippen LogP contribution in [0.1, 0.15) is 41.1 Å². The summed E-state index contributed by atoms with van der Waals surface area (Å²) < 4.78 is 25.9. The number of nitrogens with one attached hydrogen (secondary N) is 1. The van der Waals surface area contributed by atoms with Gasteiger partial charge in [0.05, 0.1) is 16.7 Å². The van der Waals surface area contributed by atoms with E-state index in [2.05, 4.69) is 15.2 Å². The summed E-state index contributed by atoms with van der Waals surface area (Å²) in [6.45, 7) is 2.67. The Hall–Kier alpha value is -3.56. The van der Waals surface area contributed by atoms with Gasteiger partial charge in [-0.3, -0.25) is 9.89 Å². The Balaban J connectivity index is 1.43. The molecule has 1 aliphatic heterocycles. The normalized spacial score (nSPS) is 14.7. The van der Waals surface area contributed by atoms with Crippen LogP contribution in [0.3, 0.4) is 0 Å². The van der Waals surface area contributed by atoms with Crippen LogP contribution in [0.5, 0.6) is 5.75 Å². The Morgan fingerprint density at radius 1 is 1.34 bits per heavy atom. The monoisotopic (exact) mass is 515 g/mol. The third-order valence-electron chi connectivity index (χ3n) is 5.96. The number of aromatic nitrogens is 3. The molecule has 1 aromatic carbocycles. The van der Waals surface area contributed by atoms with Crippen molar-refractivity contribution in [3.8, 4) is 5.75 Å². The molecule has 0 aliphatic carbocycles. The predicted octanol–water partition coefficient (Wildman–Crippen LogP) is 5.65. The van der Waals surface area contributed by atoms with Crippen LogP contribution in [0.2, 0.25) is 10.0 Å². The van der Waals surface area contributed by atoms with Crippen LogP contribution in [-0.4, -0.2) is 39.1 Å². The highest BCUT2D eigenvalue weighted by atomic mass is 35.5. The van der Waals surface area contributed by atoms with Crippen LogP contribution in [-0.2, 0) is 0 Å². The molecule has 4 heterocycles. The number of benzene rings is 1. The van der Waals surface area contributed by atoms with Crippen molar-refractivity contribution in [2.75, 3.05) is 18.8 Å². The number of hydrogen-bond acceptors (Lipinski definition) is 6. The van der Waals surface area contributed by atoms with Gasteiger partial charge in [-0.1, -0.05) is 29.3 Å². The SMILES string of the molecule is C[C@@H](Oc1c(N)ncc2c(C3=CCN(C(=O)c4ccn[nH]4)CC3)coc12)c1c(Cl)ccc(F)c1Cl. The molecule has 4 aromatic rings. The molecule has 11 heteroatoms. The molecule has 1 amide bonds. The molecule has 0 bridgehead atoms. The third kappa shape index (κ3) is 4.21. The fourth-order valence-electron chi connectivity index (χ4n) is 4.14. The molecule has 1 atom stereocenters. The smallest absolute Gasteiger partial charge is 0.272 e. The summed E-state index contributed by atoms with van der Waals surface area (Å²) in [4.78, 5) is 18.6. The van der Waals surface area contributed by atoms with Gasteiger partial charge in [-0.2, -0.15) is 5.10 Å². The summed E-state index contributed by atoms with van der Waals surface area (Å²) in [6.07, 6.45) is 6.65. The molecule has 8 nitrogen and oxygen atoms in total. The van der Waals surface area contributed by atoms with Crippen molar-refractivity contribution >= 4 is 51.5 Å². The minimum atomic E-state index is -0.732. The number of halogens is 3. The van der Waals surface area contributed by atoms with Crippen molar-refractivity contribution < 1.29 is 18.3 Å². The van der Waals surface area contributed by atoms with Crippen molar-refractivity contribution in [2.45, 2.75) is 19.4 Å². The Kier molecular flexibility index (Phi) is 6.12. The zero-order chi connectivity index (χ0) is 24.7. The van der Waals surface area contributed by atoms with Crippen LogP contribution < -0.4 is 10.5 Å². The predicted molar refractivity (Wildman–Crippen MR) is 131 cm³/mol. The fourth-order valence-corrected chi connectivity index (χ4v) is 4.82. The lowest BCUT2D eigenvalue weighted by Gasteiger charge is -2.25. The second-order valence-electron chi connectivity index (χ2n) is 8.08. The van der Waals surface area contributed by atoms with E-state index in [1.165, 1.54) is 12.1 Å². The van der Waals surface area contributed by atoms with E-state index in [0.717, 1.165) is 11.1 Å². The van der Waals surface area contributed by atoms with Gasteiger partial charge < -0.3 is 19.8 Å². The summed E-state index contributed by atoms with van der Waals surface area (Å²) in [5.74, 6) is -0.382. The molecule has 0 saturated carbocycles. The average Bonchev–Trinajstić information content (AvgIpc) is 3.54. The van der Waals surface area contributed by atoms with E-state index < -0.39 is 11.9 Å². The van der Waals surface area contributed by atoms with Crippen molar-refractivity contribution in [3.63, 3.8) is 0 Å². The van der Waals surface area contributed by atoms with E-state index in [9.17, 15) is 9.18 Å². The maximum atomic E-state index is 14.0. The maximum absolute atomic E-state index is 14.0. The second kappa shape index (κ2) is 9.24. The summed E-state index contributed by atoms with van der Waals surface area (Å²) in [7, 11) is 0. The number of ether oxygens (including phenoxy) is 1. The number of nitrogen functional groups attached to an aromatic ring is 1. The lowest BCUT2D eigenvalue weighted by Crippen LogP contribution is -2.34. The number of anilines is 1. The number of fused-ring (bicyclic) bond motifs is 1. The number of nitrogens with zero attached hydrogens (tertiary/aromatic N) is 3. The molecule has 0 unspecified atom stereocenters. The van der Waals surface area contributed by atoms with Crippen molar-refractivity contribution in [3.05, 3.63) is 75.6 Å². The van der Waals surface area contributed by atoms with E-state index in [4.69, 9.17) is 38.1 Å². The third-order valence-corrected chi connectivity index (χ3v) is 6.67. The first-order valence-corrected chi connectivity index (χ1v) is 11.5. The first kappa shape index (κ1) is 23.2. The largest absolute Gasteiger partial charge is 0.478 e. The standard InChI is InChI=1S/C24H20Cl2FN5O3/c1-12(19-16(25)2-3-17(27)20(19)26)35-22-21-14(10-29-23(22)28)15(11-34-21)13-5-8-32(9-6-13)24(33)18-4-7-30-31-18/h2-5,7,10-12H,6,8-9H2,1H3,(H2,28,29)(H,30,31)/t12-/m1/s1. The molecule has 0 radical (unpaired) electrons. The number of nitrogens with two attached hydrogens (primary N) is 1. The summed E-state index contributed by atoms with van der Waals surface area (Å²) in [5.41, 5.74) is 9.10. The zero-order valence-corrected chi connectivity index (χ0v) is 20.0. The first-order valence-electron chi connectivity index (χ1n) is 10.8. The zero-order valence-electron chi connectivity index (χ0n) is 18.5. The minimum Gasteiger partial charge on any atom is -0.478 e. The highest BCUT2D eigenvalue weighted by molar-refractivity contribution is 6.36. The molecule has 1 aliphatic rings. The number of hydrogen-bond donors (Lipinski definition) is 2. The second-order valence-corrected chi connectivity index (χ2v) is 8.87. The van der Waals surface area contributed by atoms with E-state index in [1.807, 2.05) is 6.08 Å². The van der Waals surface area contributed by atoms with Gasteiger partial charge in [0, 0.05) is 41.6 Å². The highest BCUT2D eigenvalue weighted by Crippen LogP contribution is 2.41. The average molecular weight is 516 g/mol. The van der Waals surface area contributed by atoms with Crippen molar-refractivity contribution in [2.24, 2.45) is 0 Å². The van der Waals surface area contributed by atoms with Gasteiger partial charge in [0.25, 0.3) is 5.91 Å². The number of rotatable bonds is 5. The molecule has 3 aromatic heterocycles. The Bertz CT molecular complexity index is 1450. The summed E-state index contributed by atoms with van der Waals surface area (Å²) >= 11 is 12.4. The molecule has 0 spiro atoms. The molecule has 3 N–H and O–H groups in total. The minimum absolute atomic E-state index is 0.108. The van der Waals surface area contributed by atoms with Crippen LogP contribution >= 0.6 is 23.2 Å². The molecular formula is C24H20Cl2FN5O3. The van der Waals surface area contributed by atoms with Crippen molar-refractivity contribution in [1.29, 1.82) is 0 Å². The van der Waals surface area contributed by atoms with E-state index in [0.29, 0.717) is 41.7 Å². The molecule has 0 fully saturated rings. The van der Waals surface area contributed by atoms with Gasteiger partial charge in [-0.15, -0.1) is 0 Å². The van der Waals surface area contributed by atoms with E-state index in [1.54, 1.807) is 36.5 Å². The summed E-state index contributed by atoms with van der Waals surface area (Å²) in [5, 5.41) is 7.39.